The third kappa shape index (κ3) is 3.68. The minimum Gasteiger partial charge on any atom is -0.501 e. The van der Waals surface area contributed by atoms with Gasteiger partial charge in [0, 0.05) is 24.2 Å². The van der Waals surface area contributed by atoms with E-state index >= 15 is 0 Å². The monoisotopic (exact) mass is 412 g/mol. The van der Waals surface area contributed by atoms with Gasteiger partial charge >= 0.3 is 5.56 Å². The number of rotatable bonds is 5. The zero-order valence-electron chi connectivity index (χ0n) is 13.5. The Morgan fingerprint density at radius 3 is 2.77 bits per heavy atom. The molecule has 0 aliphatic heterocycles. The average molecular weight is 413 g/mol. The molecule has 10 heteroatoms. The first-order valence-corrected chi connectivity index (χ1v) is 9.08. The van der Waals surface area contributed by atoms with E-state index in [1.165, 1.54) is 15.7 Å². The molecule has 0 unspecified atom stereocenters. The minimum absolute atomic E-state index is 0.145. The van der Waals surface area contributed by atoms with Gasteiger partial charge in [0.25, 0.3) is 5.91 Å². The van der Waals surface area contributed by atoms with Crippen LogP contribution in [-0.2, 0) is 13.1 Å². The van der Waals surface area contributed by atoms with E-state index in [-0.39, 0.29) is 12.2 Å². The molecular weight excluding hydrogens is 399 g/mol. The van der Waals surface area contributed by atoms with Crippen molar-refractivity contribution in [2.45, 2.75) is 13.1 Å². The second kappa shape index (κ2) is 7.63. The molecular formula is C16H14Cl2N4O3S. The van der Waals surface area contributed by atoms with Crippen molar-refractivity contribution in [2.75, 3.05) is 7.05 Å². The van der Waals surface area contributed by atoms with E-state index in [2.05, 4.69) is 15.6 Å². The molecule has 0 atom stereocenters. The van der Waals surface area contributed by atoms with Crippen molar-refractivity contribution in [3.05, 3.63) is 60.9 Å². The fraction of sp³-hybridized carbons (Fsp3) is 0.188. The molecule has 3 N–H and O–H groups in total. The van der Waals surface area contributed by atoms with E-state index in [1.54, 1.807) is 31.4 Å². The zero-order chi connectivity index (χ0) is 18.8. The number of nitrogens with one attached hydrogen (secondary N) is 2. The van der Waals surface area contributed by atoms with Crippen LogP contribution in [0.25, 0.3) is 4.96 Å². The van der Waals surface area contributed by atoms with Crippen molar-refractivity contribution in [3.8, 4) is 5.75 Å². The predicted molar refractivity (Wildman–Crippen MR) is 101 cm³/mol. The zero-order valence-corrected chi connectivity index (χ0v) is 15.9. The fourth-order valence-corrected chi connectivity index (χ4v) is 3.61. The second-order valence-electron chi connectivity index (χ2n) is 5.43. The van der Waals surface area contributed by atoms with E-state index in [0.717, 1.165) is 10.4 Å². The highest BCUT2D eigenvalue weighted by Gasteiger charge is 2.20. The third-order valence-corrected chi connectivity index (χ3v) is 5.28. The van der Waals surface area contributed by atoms with Gasteiger partial charge in [0.05, 0.1) is 10.0 Å². The molecule has 0 saturated carbocycles. The van der Waals surface area contributed by atoms with Gasteiger partial charge in [0.15, 0.2) is 10.7 Å². The Morgan fingerprint density at radius 2 is 2.08 bits per heavy atom. The Bertz CT molecular complexity index is 1050. The number of hydrogen-bond donors (Lipinski definition) is 3. The molecule has 2 aromatic heterocycles. The molecule has 136 valence electrons. The normalized spacial score (nSPS) is 11.0. The number of thiazole rings is 1. The molecule has 3 rings (SSSR count). The fourth-order valence-electron chi connectivity index (χ4n) is 2.31. The van der Waals surface area contributed by atoms with E-state index in [1.807, 2.05) is 0 Å². The number of carbonyl (C=O) groups is 1. The smallest absolute Gasteiger partial charge is 0.301 e. The first kappa shape index (κ1) is 18.7. The van der Waals surface area contributed by atoms with Crippen LogP contribution in [0.5, 0.6) is 5.75 Å². The van der Waals surface area contributed by atoms with Gasteiger partial charge in [-0.15, -0.1) is 0 Å². The van der Waals surface area contributed by atoms with Crippen molar-refractivity contribution in [1.29, 1.82) is 0 Å². The molecule has 1 aromatic carbocycles. The van der Waals surface area contributed by atoms with Gasteiger partial charge in [-0.25, -0.2) is 4.98 Å². The Labute approximate surface area is 162 Å². The summed E-state index contributed by atoms with van der Waals surface area (Å²) in [5.41, 5.74) is -0.279. The molecule has 0 spiro atoms. The molecule has 0 radical (unpaired) electrons. The largest absolute Gasteiger partial charge is 0.501 e. The lowest BCUT2D eigenvalue weighted by molar-refractivity contribution is 0.0943. The van der Waals surface area contributed by atoms with Crippen molar-refractivity contribution in [3.63, 3.8) is 0 Å². The number of nitrogens with zero attached hydrogens (tertiary/aromatic N) is 2. The maximum atomic E-state index is 12.4. The summed E-state index contributed by atoms with van der Waals surface area (Å²) in [7, 11) is 1.78. The molecule has 1 amide bonds. The summed E-state index contributed by atoms with van der Waals surface area (Å²) in [6, 6.07) is 4.95. The van der Waals surface area contributed by atoms with E-state index in [0.29, 0.717) is 21.6 Å². The number of hydrogen-bond acceptors (Lipinski definition) is 6. The van der Waals surface area contributed by atoms with Crippen molar-refractivity contribution in [1.82, 2.24) is 20.0 Å². The van der Waals surface area contributed by atoms with Crippen LogP contribution >= 0.6 is 34.5 Å². The van der Waals surface area contributed by atoms with Crippen LogP contribution in [0.3, 0.4) is 0 Å². The van der Waals surface area contributed by atoms with Crippen LogP contribution in [0.15, 0.2) is 29.2 Å². The molecule has 7 nitrogen and oxygen atoms in total. The second-order valence-corrected chi connectivity index (χ2v) is 7.33. The molecule has 3 aromatic rings. The SMILES string of the molecule is CNCc1cn2c(=O)c(O)c(C(=O)NCc3ccc(Cl)c(Cl)c3)nc2s1. The lowest BCUT2D eigenvalue weighted by atomic mass is 10.2. The van der Waals surface area contributed by atoms with Crippen LogP contribution in [-0.4, -0.2) is 27.4 Å². The topological polar surface area (TPSA) is 95.7 Å². The summed E-state index contributed by atoms with van der Waals surface area (Å²) in [6.45, 7) is 0.693. The number of amides is 1. The number of carbonyl (C=O) groups excluding carboxylic acids is 1. The molecule has 0 bridgehead atoms. The van der Waals surface area contributed by atoms with Crippen LogP contribution in [0.2, 0.25) is 10.0 Å². The summed E-state index contributed by atoms with van der Waals surface area (Å²) in [5.74, 6) is -1.35. The molecule has 0 saturated heterocycles. The van der Waals surface area contributed by atoms with Gasteiger partial charge in [0.2, 0.25) is 5.75 Å². The van der Waals surface area contributed by atoms with E-state index in [9.17, 15) is 14.7 Å². The number of fused-ring (bicyclic) bond motifs is 1. The first-order valence-electron chi connectivity index (χ1n) is 7.51. The highest BCUT2D eigenvalue weighted by Crippen LogP contribution is 2.23. The van der Waals surface area contributed by atoms with Gasteiger partial charge < -0.3 is 15.7 Å². The summed E-state index contributed by atoms with van der Waals surface area (Å²) in [5, 5.41) is 16.4. The van der Waals surface area contributed by atoms with Crippen molar-refractivity contribution in [2.24, 2.45) is 0 Å². The Morgan fingerprint density at radius 1 is 1.31 bits per heavy atom. The Hall–Kier alpha value is -2.13. The lowest BCUT2D eigenvalue weighted by Gasteiger charge is -2.07. The van der Waals surface area contributed by atoms with E-state index in [4.69, 9.17) is 23.2 Å². The van der Waals surface area contributed by atoms with Crippen LogP contribution in [0.4, 0.5) is 0 Å². The Kier molecular flexibility index (Phi) is 5.47. The third-order valence-electron chi connectivity index (χ3n) is 3.56. The highest BCUT2D eigenvalue weighted by atomic mass is 35.5. The quantitative estimate of drug-likeness (QED) is 0.597. The van der Waals surface area contributed by atoms with Crippen molar-refractivity contribution < 1.29 is 9.90 Å². The van der Waals surface area contributed by atoms with E-state index < -0.39 is 17.2 Å². The summed E-state index contributed by atoms with van der Waals surface area (Å²) in [4.78, 5) is 30.0. The maximum Gasteiger partial charge on any atom is 0.301 e. The Balaban J connectivity index is 1.86. The predicted octanol–water partition coefficient (Wildman–Crippen LogP) is 2.42. The molecule has 0 aliphatic rings. The number of halogens is 2. The van der Waals surface area contributed by atoms with Gasteiger partial charge in [-0.2, -0.15) is 0 Å². The average Bonchev–Trinajstić information content (AvgIpc) is 3.02. The van der Waals surface area contributed by atoms with Crippen LogP contribution in [0, 0.1) is 0 Å². The number of aromatic nitrogens is 2. The molecule has 26 heavy (non-hydrogen) atoms. The number of benzene rings is 1. The first-order chi connectivity index (χ1) is 12.4. The number of aromatic hydroxyl groups is 1. The maximum absolute atomic E-state index is 12.4. The van der Waals surface area contributed by atoms with Gasteiger partial charge in [-0.1, -0.05) is 40.6 Å². The van der Waals surface area contributed by atoms with Gasteiger partial charge in [-0.05, 0) is 24.7 Å². The van der Waals surface area contributed by atoms with Gasteiger partial charge in [0.1, 0.15) is 0 Å². The molecule has 0 fully saturated rings. The van der Waals surface area contributed by atoms with Crippen LogP contribution < -0.4 is 16.2 Å². The summed E-state index contributed by atoms with van der Waals surface area (Å²) in [6.07, 6.45) is 1.59. The minimum atomic E-state index is -0.692. The van der Waals surface area contributed by atoms with Crippen molar-refractivity contribution >= 4 is 45.4 Å². The summed E-state index contributed by atoms with van der Waals surface area (Å²) >= 11 is 13.1. The lowest BCUT2D eigenvalue weighted by Crippen LogP contribution is -2.27. The summed E-state index contributed by atoms with van der Waals surface area (Å²) < 4.78 is 1.22. The highest BCUT2D eigenvalue weighted by molar-refractivity contribution is 7.17. The molecule has 2 heterocycles. The van der Waals surface area contributed by atoms with Crippen LogP contribution in [0.1, 0.15) is 20.9 Å². The standard InChI is InChI=1S/C16H14Cl2N4O3S/c1-19-6-9-7-22-15(25)13(23)12(21-16(22)26-9)14(24)20-5-8-2-3-10(17)11(18)4-8/h2-4,7,19,23H,5-6H2,1H3,(H,20,24). The molecule has 0 aliphatic carbocycles. The van der Waals surface area contributed by atoms with Gasteiger partial charge in [-0.3, -0.25) is 14.0 Å².